The van der Waals surface area contributed by atoms with E-state index in [0.29, 0.717) is 18.2 Å². The normalized spacial score (nSPS) is 11.7. The summed E-state index contributed by atoms with van der Waals surface area (Å²) < 4.78 is 106. The molecule has 1 amide bonds. The van der Waals surface area contributed by atoms with Crippen LogP contribution in [-0.4, -0.2) is 14.3 Å². The van der Waals surface area contributed by atoms with E-state index in [1.807, 2.05) is 15.6 Å². The minimum Gasteiger partial charge on any atom is -0.295 e. The first-order valence-corrected chi connectivity index (χ1v) is 10.4. The number of halogens is 6. The number of sulfonamides is 1. The Hall–Kier alpha value is -3.74. The van der Waals surface area contributed by atoms with Gasteiger partial charge in [0.05, 0.1) is 27.4 Å². The van der Waals surface area contributed by atoms with Crippen molar-refractivity contribution in [2.24, 2.45) is 0 Å². The predicted molar refractivity (Wildman–Crippen MR) is 106 cm³/mol. The van der Waals surface area contributed by atoms with E-state index in [-0.39, 0.29) is 11.3 Å². The zero-order chi connectivity index (χ0) is 24.4. The van der Waals surface area contributed by atoms with Crippen LogP contribution in [0.3, 0.4) is 0 Å². The number of hydrogen-bond acceptors (Lipinski definition) is 4. The van der Waals surface area contributed by atoms with Gasteiger partial charge in [-0.3, -0.25) is 20.4 Å². The molecule has 3 N–H and O–H groups in total. The van der Waals surface area contributed by atoms with E-state index in [1.165, 1.54) is 18.2 Å². The molecule has 33 heavy (non-hydrogen) atoms. The van der Waals surface area contributed by atoms with Crippen LogP contribution in [0.1, 0.15) is 15.9 Å². The molecule has 0 saturated carbocycles. The number of hydrogen-bond donors (Lipinski definition) is 3. The zero-order valence-electron chi connectivity index (χ0n) is 16.2. The standard InChI is InChI=1S/C20H13F6N3O3S/c21-14-8-9-16(18(23)17(14)22)27-28-19(30)13-6-1-2-7-15(13)29-33(31,32)12-5-3-4-11(10-12)20(24,25)26/h1-10,27,29H,(H,28,30). The van der Waals surface area contributed by atoms with E-state index < -0.39 is 55.7 Å². The van der Waals surface area contributed by atoms with Crippen molar-refractivity contribution in [2.45, 2.75) is 11.1 Å². The summed E-state index contributed by atoms with van der Waals surface area (Å²) in [5, 5.41) is 0. The van der Waals surface area contributed by atoms with Crippen molar-refractivity contribution >= 4 is 27.3 Å². The first-order valence-electron chi connectivity index (χ1n) is 8.89. The molecule has 6 nitrogen and oxygen atoms in total. The predicted octanol–water partition coefficient (Wildman–Crippen LogP) is 4.68. The van der Waals surface area contributed by atoms with Crippen LogP contribution >= 0.6 is 0 Å². The van der Waals surface area contributed by atoms with Gasteiger partial charge in [-0.25, -0.2) is 21.6 Å². The van der Waals surface area contributed by atoms with Gasteiger partial charge in [0.1, 0.15) is 0 Å². The van der Waals surface area contributed by atoms with Crippen molar-refractivity contribution in [3.8, 4) is 0 Å². The number of amides is 1. The van der Waals surface area contributed by atoms with E-state index in [2.05, 4.69) is 0 Å². The monoisotopic (exact) mass is 489 g/mol. The number of carbonyl (C=O) groups excluding carboxylic acids is 1. The van der Waals surface area contributed by atoms with E-state index in [4.69, 9.17) is 0 Å². The second-order valence-corrected chi connectivity index (χ2v) is 8.16. The number of anilines is 2. The van der Waals surface area contributed by atoms with E-state index >= 15 is 0 Å². The lowest BCUT2D eigenvalue weighted by Gasteiger charge is -2.15. The van der Waals surface area contributed by atoms with Crippen LogP contribution < -0.4 is 15.6 Å². The highest BCUT2D eigenvalue weighted by atomic mass is 32.2. The molecule has 0 aliphatic heterocycles. The number of hydrazine groups is 1. The van der Waals surface area contributed by atoms with Crippen molar-refractivity contribution in [1.82, 2.24) is 5.43 Å². The molecule has 3 rings (SSSR count). The van der Waals surface area contributed by atoms with Crippen LogP contribution in [0.5, 0.6) is 0 Å². The Balaban J connectivity index is 1.83. The fraction of sp³-hybridized carbons (Fsp3) is 0.0500. The molecular weight excluding hydrogens is 476 g/mol. The Kier molecular flexibility index (Phi) is 6.53. The molecule has 0 bridgehead atoms. The molecule has 0 fully saturated rings. The van der Waals surface area contributed by atoms with Gasteiger partial charge in [0.2, 0.25) is 0 Å². The Morgan fingerprint density at radius 1 is 0.818 bits per heavy atom. The molecule has 0 aromatic heterocycles. The van der Waals surface area contributed by atoms with Crippen LogP contribution in [0.15, 0.2) is 65.6 Å². The molecule has 0 saturated heterocycles. The molecule has 174 valence electrons. The van der Waals surface area contributed by atoms with Gasteiger partial charge in [-0.2, -0.15) is 13.2 Å². The number of carbonyl (C=O) groups is 1. The summed E-state index contributed by atoms with van der Waals surface area (Å²) in [5.41, 5.74) is 1.64. The summed E-state index contributed by atoms with van der Waals surface area (Å²) in [6.45, 7) is 0. The number of nitrogens with one attached hydrogen (secondary N) is 3. The summed E-state index contributed by atoms with van der Waals surface area (Å²) in [4.78, 5) is 11.8. The summed E-state index contributed by atoms with van der Waals surface area (Å²) >= 11 is 0. The lowest BCUT2D eigenvalue weighted by molar-refractivity contribution is -0.137. The van der Waals surface area contributed by atoms with Crippen LogP contribution in [0, 0.1) is 17.5 Å². The smallest absolute Gasteiger partial charge is 0.295 e. The fourth-order valence-corrected chi connectivity index (χ4v) is 3.75. The minimum absolute atomic E-state index is 0.302. The van der Waals surface area contributed by atoms with Crippen molar-refractivity contribution in [1.29, 1.82) is 0 Å². The Morgan fingerprint density at radius 3 is 2.21 bits per heavy atom. The largest absolute Gasteiger partial charge is 0.416 e. The second-order valence-electron chi connectivity index (χ2n) is 6.48. The minimum atomic E-state index is -4.77. The SMILES string of the molecule is O=C(NNc1ccc(F)c(F)c1F)c1ccccc1NS(=O)(=O)c1cccc(C(F)(F)F)c1. The van der Waals surface area contributed by atoms with Gasteiger partial charge < -0.3 is 0 Å². The number of rotatable bonds is 6. The lowest BCUT2D eigenvalue weighted by Crippen LogP contribution is -2.31. The molecule has 13 heteroatoms. The van der Waals surface area contributed by atoms with Gasteiger partial charge in [-0.1, -0.05) is 18.2 Å². The van der Waals surface area contributed by atoms with E-state index in [1.54, 1.807) is 0 Å². The third-order valence-electron chi connectivity index (χ3n) is 4.23. The van der Waals surface area contributed by atoms with Crippen molar-refractivity contribution < 1.29 is 39.6 Å². The average Bonchev–Trinajstić information content (AvgIpc) is 2.76. The third kappa shape index (κ3) is 5.37. The van der Waals surface area contributed by atoms with Crippen molar-refractivity contribution in [3.63, 3.8) is 0 Å². The molecule has 0 atom stereocenters. The van der Waals surface area contributed by atoms with Gasteiger partial charge in [0.25, 0.3) is 15.9 Å². The first-order chi connectivity index (χ1) is 15.4. The molecule has 0 radical (unpaired) electrons. The summed E-state index contributed by atoms with van der Waals surface area (Å²) in [5.74, 6) is -5.84. The summed E-state index contributed by atoms with van der Waals surface area (Å²) in [6.07, 6.45) is -4.77. The molecule has 0 aliphatic carbocycles. The second kappa shape index (κ2) is 9.02. The molecule has 0 heterocycles. The Morgan fingerprint density at radius 2 is 1.52 bits per heavy atom. The zero-order valence-corrected chi connectivity index (χ0v) is 17.0. The lowest BCUT2D eigenvalue weighted by atomic mass is 10.2. The molecular formula is C20H13F6N3O3S. The maximum atomic E-state index is 13.7. The van der Waals surface area contributed by atoms with Crippen LogP contribution in [0.25, 0.3) is 0 Å². The highest BCUT2D eigenvalue weighted by Crippen LogP contribution is 2.31. The van der Waals surface area contributed by atoms with Gasteiger partial charge in [-0.05, 0) is 42.5 Å². The molecule has 0 aliphatic rings. The molecule has 3 aromatic carbocycles. The topological polar surface area (TPSA) is 87.3 Å². The van der Waals surface area contributed by atoms with E-state index in [0.717, 1.165) is 24.3 Å². The fourth-order valence-electron chi connectivity index (χ4n) is 2.63. The van der Waals surface area contributed by atoms with Gasteiger partial charge in [0.15, 0.2) is 17.5 Å². The number of benzene rings is 3. The molecule has 3 aromatic rings. The van der Waals surface area contributed by atoms with Crippen molar-refractivity contribution in [2.75, 3.05) is 10.1 Å². The van der Waals surface area contributed by atoms with Crippen LogP contribution in [0.4, 0.5) is 37.7 Å². The van der Waals surface area contributed by atoms with Crippen LogP contribution in [0.2, 0.25) is 0 Å². The summed E-state index contributed by atoms with van der Waals surface area (Å²) in [6, 6.07) is 9.45. The highest BCUT2D eigenvalue weighted by molar-refractivity contribution is 7.92. The van der Waals surface area contributed by atoms with Crippen LogP contribution in [-0.2, 0) is 16.2 Å². The van der Waals surface area contributed by atoms with Crippen molar-refractivity contribution in [3.05, 3.63) is 89.2 Å². The Labute approximate surface area is 183 Å². The first kappa shape index (κ1) is 23.9. The number of alkyl halides is 3. The average molecular weight is 489 g/mol. The highest BCUT2D eigenvalue weighted by Gasteiger charge is 2.32. The Bertz CT molecular complexity index is 1310. The van der Waals surface area contributed by atoms with Gasteiger partial charge >= 0.3 is 6.18 Å². The molecule has 0 unspecified atom stereocenters. The maximum Gasteiger partial charge on any atom is 0.416 e. The van der Waals surface area contributed by atoms with Gasteiger partial charge in [0, 0.05) is 0 Å². The van der Waals surface area contributed by atoms with Gasteiger partial charge in [-0.15, -0.1) is 0 Å². The third-order valence-corrected chi connectivity index (χ3v) is 5.60. The molecule has 0 spiro atoms. The summed E-state index contributed by atoms with van der Waals surface area (Å²) in [7, 11) is -4.54. The quantitative estimate of drug-likeness (QED) is 0.267. The number of para-hydroxylation sites is 1. The van der Waals surface area contributed by atoms with E-state index in [9.17, 15) is 39.6 Å². The maximum absolute atomic E-state index is 13.7.